The van der Waals surface area contributed by atoms with E-state index in [4.69, 9.17) is 11.6 Å². The second kappa shape index (κ2) is 8.35. The lowest BCUT2D eigenvalue weighted by Gasteiger charge is -2.43. The quantitative estimate of drug-likeness (QED) is 0.432. The lowest BCUT2D eigenvalue weighted by atomic mass is 9.88. The largest absolute Gasteiger partial charge is 0.388 e. The molecule has 2 N–H and O–H groups in total. The molecule has 0 saturated carbocycles. The summed E-state index contributed by atoms with van der Waals surface area (Å²) in [5.41, 5.74) is -0.0942. The standard InChI is InChI=1S/C23H26ClN7O4/c1-23(35)8-9-30(18(32)7-6-17-26-14-5-4-13(24)10-15(14)27-17)11-16(23)31-12-25-20-19(31)21(33)29(3)22(34)28(20)2/h4-5,10,12,16,35H,6-9,11H2,1-3H3,(H,26,27)/t16-,23-/m0/s1. The van der Waals surface area contributed by atoms with Gasteiger partial charge in [-0.15, -0.1) is 0 Å². The lowest BCUT2D eigenvalue weighted by molar-refractivity contribution is -0.137. The number of hydrogen-bond acceptors (Lipinski definition) is 6. The number of hydrogen-bond donors (Lipinski definition) is 2. The molecule has 4 heterocycles. The zero-order valence-electron chi connectivity index (χ0n) is 19.7. The summed E-state index contributed by atoms with van der Waals surface area (Å²) in [6.45, 7) is 2.29. The van der Waals surface area contributed by atoms with Crippen LogP contribution in [0.5, 0.6) is 0 Å². The number of carbonyl (C=O) groups is 1. The van der Waals surface area contributed by atoms with Gasteiger partial charge in [0.1, 0.15) is 5.82 Å². The molecule has 1 aliphatic rings. The van der Waals surface area contributed by atoms with Crippen LogP contribution < -0.4 is 11.2 Å². The summed E-state index contributed by atoms with van der Waals surface area (Å²) in [6, 6.07) is 4.78. The van der Waals surface area contributed by atoms with Crippen molar-refractivity contribution in [2.24, 2.45) is 14.1 Å². The number of imidazole rings is 2. The first-order valence-electron chi connectivity index (χ1n) is 11.3. The number of benzene rings is 1. The molecule has 12 heteroatoms. The van der Waals surface area contributed by atoms with Crippen LogP contribution in [0, 0.1) is 0 Å². The number of H-pyrrole nitrogens is 1. The van der Waals surface area contributed by atoms with Gasteiger partial charge in [0.2, 0.25) is 5.91 Å². The van der Waals surface area contributed by atoms with Gasteiger partial charge in [-0.25, -0.2) is 14.8 Å². The number of aryl methyl sites for hydroxylation is 2. The maximum Gasteiger partial charge on any atom is 0.332 e. The fraction of sp³-hybridized carbons (Fsp3) is 0.435. The number of aromatic amines is 1. The Morgan fingerprint density at radius 1 is 1.29 bits per heavy atom. The van der Waals surface area contributed by atoms with Crippen molar-refractivity contribution >= 4 is 39.7 Å². The number of nitrogens with zero attached hydrogens (tertiary/aromatic N) is 6. The van der Waals surface area contributed by atoms with Crippen molar-refractivity contribution < 1.29 is 9.90 Å². The predicted octanol–water partition coefficient (Wildman–Crippen LogP) is 1.12. The first kappa shape index (κ1) is 23.3. The summed E-state index contributed by atoms with van der Waals surface area (Å²) >= 11 is 6.03. The van der Waals surface area contributed by atoms with Gasteiger partial charge in [0, 0.05) is 45.0 Å². The Hall–Kier alpha value is -3.44. The molecule has 1 aromatic carbocycles. The van der Waals surface area contributed by atoms with E-state index in [1.54, 1.807) is 35.6 Å². The van der Waals surface area contributed by atoms with E-state index in [9.17, 15) is 19.5 Å². The van der Waals surface area contributed by atoms with Crippen LogP contribution in [0.15, 0.2) is 34.1 Å². The number of amides is 1. The van der Waals surface area contributed by atoms with E-state index in [1.807, 2.05) is 6.07 Å². The van der Waals surface area contributed by atoms with Crippen molar-refractivity contribution in [1.82, 2.24) is 33.6 Å². The van der Waals surface area contributed by atoms with Crippen molar-refractivity contribution in [2.45, 2.75) is 37.8 Å². The first-order chi connectivity index (χ1) is 16.6. The highest BCUT2D eigenvalue weighted by molar-refractivity contribution is 6.31. The van der Waals surface area contributed by atoms with Crippen LogP contribution in [0.4, 0.5) is 0 Å². The lowest BCUT2D eigenvalue weighted by Crippen LogP contribution is -2.53. The zero-order valence-corrected chi connectivity index (χ0v) is 20.4. The van der Waals surface area contributed by atoms with Gasteiger partial charge in [-0.3, -0.25) is 18.7 Å². The maximum atomic E-state index is 13.1. The average Bonchev–Trinajstić information content (AvgIpc) is 3.43. The molecule has 1 amide bonds. The van der Waals surface area contributed by atoms with E-state index in [-0.39, 0.29) is 30.0 Å². The van der Waals surface area contributed by atoms with Crippen molar-refractivity contribution in [3.63, 3.8) is 0 Å². The van der Waals surface area contributed by atoms with E-state index < -0.39 is 22.9 Å². The Labute approximate surface area is 204 Å². The minimum atomic E-state index is -1.18. The van der Waals surface area contributed by atoms with Gasteiger partial charge in [0.25, 0.3) is 5.56 Å². The minimum Gasteiger partial charge on any atom is -0.388 e. The Morgan fingerprint density at radius 3 is 2.83 bits per heavy atom. The molecule has 0 radical (unpaired) electrons. The minimum absolute atomic E-state index is 0.0753. The number of aliphatic hydroxyl groups is 1. The fourth-order valence-electron chi connectivity index (χ4n) is 4.78. The summed E-state index contributed by atoms with van der Waals surface area (Å²) in [6.07, 6.45) is 2.46. The van der Waals surface area contributed by atoms with E-state index in [0.29, 0.717) is 30.2 Å². The number of aromatic nitrogens is 6. The molecule has 0 spiro atoms. The highest BCUT2D eigenvalue weighted by atomic mass is 35.5. The van der Waals surface area contributed by atoms with Crippen LogP contribution in [-0.2, 0) is 25.3 Å². The van der Waals surface area contributed by atoms with Crippen LogP contribution in [-0.4, -0.2) is 63.3 Å². The maximum absolute atomic E-state index is 13.1. The predicted molar refractivity (Wildman–Crippen MR) is 130 cm³/mol. The molecule has 11 nitrogen and oxygen atoms in total. The summed E-state index contributed by atoms with van der Waals surface area (Å²) in [5.74, 6) is 0.620. The zero-order chi connectivity index (χ0) is 25.1. The van der Waals surface area contributed by atoms with Crippen LogP contribution in [0.1, 0.15) is 31.6 Å². The third-order valence-electron chi connectivity index (χ3n) is 6.93. The highest BCUT2D eigenvalue weighted by Crippen LogP contribution is 2.33. The summed E-state index contributed by atoms with van der Waals surface area (Å²) in [4.78, 5) is 52.0. The third-order valence-corrected chi connectivity index (χ3v) is 7.16. The van der Waals surface area contributed by atoms with Gasteiger partial charge in [0.05, 0.1) is 29.0 Å². The molecule has 4 aromatic rings. The number of halogens is 1. The summed E-state index contributed by atoms with van der Waals surface area (Å²) in [7, 11) is 2.95. The van der Waals surface area contributed by atoms with E-state index in [2.05, 4.69) is 15.0 Å². The molecule has 1 aliphatic heterocycles. The Balaban J connectivity index is 1.39. The van der Waals surface area contributed by atoms with Crippen LogP contribution in [0.3, 0.4) is 0 Å². The van der Waals surface area contributed by atoms with Gasteiger partial charge in [-0.05, 0) is 31.5 Å². The van der Waals surface area contributed by atoms with E-state index in [1.165, 1.54) is 17.9 Å². The molecule has 0 aliphatic carbocycles. The molecule has 184 valence electrons. The smallest absolute Gasteiger partial charge is 0.332 e. The van der Waals surface area contributed by atoms with Gasteiger partial charge in [0.15, 0.2) is 11.2 Å². The molecule has 5 rings (SSSR count). The number of piperidine rings is 1. The van der Waals surface area contributed by atoms with Crippen molar-refractivity contribution in [1.29, 1.82) is 0 Å². The van der Waals surface area contributed by atoms with Crippen LogP contribution in [0.2, 0.25) is 5.02 Å². The topological polar surface area (TPSA) is 131 Å². The molecular weight excluding hydrogens is 474 g/mol. The van der Waals surface area contributed by atoms with Gasteiger partial charge < -0.3 is 19.6 Å². The highest BCUT2D eigenvalue weighted by Gasteiger charge is 2.41. The van der Waals surface area contributed by atoms with Crippen LogP contribution >= 0.6 is 11.6 Å². The third kappa shape index (κ3) is 3.94. The number of nitrogens with one attached hydrogen (secondary N) is 1. The normalized spacial score (nSPS) is 20.7. The molecular formula is C23H26ClN7O4. The number of fused-ring (bicyclic) bond motifs is 2. The molecule has 35 heavy (non-hydrogen) atoms. The Bertz CT molecular complexity index is 1580. The number of rotatable bonds is 4. The van der Waals surface area contributed by atoms with Gasteiger partial charge in [-0.1, -0.05) is 11.6 Å². The molecule has 2 atom stereocenters. The number of likely N-dealkylation sites (tertiary alicyclic amines) is 1. The monoisotopic (exact) mass is 499 g/mol. The second-order valence-corrected chi connectivity index (χ2v) is 9.77. The molecule has 1 saturated heterocycles. The van der Waals surface area contributed by atoms with Crippen molar-refractivity contribution in [3.05, 3.63) is 56.2 Å². The number of carbonyl (C=O) groups excluding carboxylic acids is 1. The molecule has 3 aromatic heterocycles. The Morgan fingerprint density at radius 2 is 2.06 bits per heavy atom. The van der Waals surface area contributed by atoms with Gasteiger partial charge in [-0.2, -0.15) is 0 Å². The van der Waals surface area contributed by atoms with Crippen LogP contribution in [0.25, 0.3) is 22.2 Å². The van der Waals surface area contributed by atoms with E-state index >= 15 is 0 Å². The molecule has 0 bridgehead atoms. The summed E-state index contributed by atoms with van der Waals surface area (Å²) in [5, 5.41) is 11.8. The molecule has 1 fully saturated rings. The van der Waals surface area contributed by atoms with Gasteiger partial charge >= 0.3 is 5.69 Å². The summed E-state index contributed by atoms with van der Waals surface area (Å²) < 4.78 is 3.91. The first-order valence-corrected chi connectivity index (χ1v) is 11.7. The Kier molecular flexibility index (Phi) is 5.56. The fourth-order valence-corrected chi connectivity index (χ4v) is 4.95. The SMILES string of the molecule is Cn1c(=O)c2c(ncn2[C@H]2CN(C(=O)CCc3nc4ccc(Cl)cc4[nH]3)CC[C@]2(C)O)n(C)c1=O. The van der Waals surface area contributed by atoms with Crippen molar-refractivity contribution in [2.75, 3.05) is 13.1 Å². The average molecular weight is 500 g/mol. The van der Waals surface area contributed by atoms with E-state index in [0.717, 1.165) is 15.6 Å². The second-order valence-electron chi connectivity index (χ2n) is 9.34. The molecule has 0 unspecified atom stereocenters. The van der Waals surface area contributed by atoms with Crippen molar-refractivity contribution in [3.8, 4) is 0 Å².